The summed E-state index contributed by atoms with van der Waals surface area (Å²) < 4.78 is 9.58. The Morgan fingerprint density at radius 1 is 1.40 bits per heavy atom. The molecule has 0 rings (SSSR count). The molecule has 0 aliphatic carbocycles. The number of rotatable bonds is 6. The summed E-state index contributed by atoms with van der Waals surface area (Å²) in [6, 6.07) is 0. The summed E-state index contributed by atoms with van der Waals surface area (Å²) in [5, 5.41) is 17.1. The molecule has 2 N–H and O–H groups in total. The van der Waals surface area contributed by atoms with Crippen molar-refractivity contribution in [2.75, 3.05) is 33.5 Å². The maximum absolute atomic E-state index is 8.74. The third kappa shape index (κ3) is 5.97. The van der Waals surface area contributed by atoms with Crippen LogP contribution in [0.1, 0.15) is 0 Å². The zero-order chi connectivity index (χ0) is 7.82. The Morgan fingerprint density at radius 2 is 2.10 bits per heavy atom. The Bertz CT molecular complexity index is 66.8. The smallest absolute Gasteiger partial charge is 0.100 e. The summed E-state index contributed by atoms with van der Waals surface area (Å²) in [5.74, 6) is 0. The molecule has 62 valence electrons. The van der Waals surface area contributed by atoms with Gasteiger partial charge in [-0.3, -0.25) is 0 Å². The van der Waals surface area contributed by atoms with Crippen molar-refractivity contribution in [3.63, 3.8) is 0 Å². The van der Waals surface area contributed by atoms with E-state index >= 15 is 0 Å². The van der Waals surface area contributed by atoms with Gasteiger partial charge >= 0.3 is 0 Å². The van der Waals surface area contributed by atoms with Gasteiger partial charge < -0.3 is 19.7 Å². The van der Waals surface area contributed by atoms with Gasteiger partial charge in [0.1, 0.15) is 6.10 Å². The molecule has 0 aliphatic rings. The first-order valence-corrected chi connectivity index (χ1v) is 3.17. The van der Waals surface area contributed by atoms with Crippen molar-refractivity contribution in [3.05, 3.63) is 0 Å². The van der Waals surface area contributed by atoms with E-state index in [2.05, 4.69) is 4.74 Å². The third-order valence-corrected chi connectivity index (χ3v) is 0.953. The van der Waals surface area contributed by atoms with E-state index in [1.54, 1.807) is 7.11 Å². The maximum Gasteiger partial charge on any atom is 0.100 e. The van der Waals surface area contributed by atoms with Crippen LogP contribution in [0.25, 0.3) is 0 Å². The van der Waals surface area contributed by atoms with Crippen LogP contribution in [0.15, 0.2) is 0 Å². The van der Waals surface area contributed by atoms with Gasteiger partial charge in [-0.25, -0.2) is 0 Å². The molecular formula is C6H14O4. The molecule has 10 heavy (non-hydrogen) atoms. The molecule has 0 amide bonds. The van der Waals surface area contributed by atoms with Crippen LogP contribution in [0.3, 0.4) is 0 Å². The third-order valence-electron chi connectivity index (χ3n) is 0.953. The van der Waals surface area contributed by atoms with Gasteiger partial charge in [-0.2, -0.15) is 0 Å². The fourth-order valence-electron chi connectivity index (χ4n) is 0.414. The molecule has 0 aromatic rings. The Labute approximate surface area is 60.4 Å². The van der Waals surface area contributed by atoms with Crippen LogP contribution < -0.4 is 0 Å². The molecule has 0 unspecified atom stereocenters. The largest absolute Gasteiger partial charge is 0.394 e. The number of aliphatic hydroxyl groups excluding tert-OH is 2. The van der Waals surface area contributed by atoms with Gasteiger partial charge in [0.15, 0.2) is 0 Å². The van der Waals surface area contributed by atoms with Gasteiger partial charge in [-0.15, -0.1) is 0 Å². The van der Waals surface area contributed by atoms with E-state index in [0.717, 1.165) is 0 Å². The van der Waals surface area contributed by atoms with Crippen molar-refractivity contribution < 1.29 is 19.7 Å². The van der Waals surface area contributed by atoms with Crippen LogP contribution >= 0.6 is 0 Å². The van der Waals surface area contributed by atoms with Gasteiger partial charge in [0.25, 0.3) is 0 Å². The Morgan fingerprint density at radius 3 is 2.60 bits per heavy atom. The Kier molecular flexibility index (Phi) is 6.84. The van der Waals surface area contributed by atoms with Crippen molar-refractivity contribution in [1.82, 2.24) is 0 Å². The molecule has 4 heteroatoms. The molecule has 0 heterocycles. The lowest BCUT2D eigenvalue weighted by Gasteiger charge is -2.06. The van der Waals surface area contributed by atoms with Gasteiger partial charge in [0.05, 0.1) is 26.4 Å². The van der Waals surface area contributed by atoms with Gasteiger partial charge in [-0.1, -0.05) is 0 Å². The molecule has 0 spiro atoms. The quantitative estimate of drug-likeness (QED) is 0.477. The van der Waals surface area contributed by atoms with E-state index in [1.165, 1.54) is 0 Å². The highest BCUT2D eigenvalue weighted by atomic mass is 16.5. The van der Waals surface area contributed by atoms with Gasteiger partial charge in [0.2, 0.25) is 0 Å². The topological polar surface area (TPSA) is 58.9 Å². The van der Waals surface area contributed by atoms with Gasteiger partial charge in [-0.05, 0) is 0 Å². The van der Waals surface area contributed by atoms with E-state index in [-0.39, 0.29) is 13.2 Å². The molecule has 0 radical (unpaired) electrons. The molecule has 0 saturated heterocycles. The highest BCUT2D eigenvalue weighted by molar-refractivity contribution is 4.47. The van der Waals surface area contributed by atoms with Crippen LogP contribution in [0.5, 0.6) is 0 Å². The van der Waals surface area contributed by atoms with Crippen LogP contribution in [0.4, 0.5) is 0 Å². The summed E-state index contributed by atoms with van der Waals surface area (Å²) in [6.45, 7) is 0.874. The second kappa shape index (κ2) is 6.95. The van der Waals surface area contributed by atoms with Crippen LogP contribution in [0.2, 0.25) is 0 Å². The monoisotopic (exact) mass is 150 g/mol. The average molecular weight is 150 g/mol. The molecule has 0 fully saturated rings. The Balaban J connectivity index is 2.89. The molecule has 0 saturated carbocycles. The van der Waals surface area contributed by atoms with Crippen molar-refractivity contribution in [2.24, 2.45) is 0 Å². The zero-order valence-electron chi connectivity index (χ0n) is 6.12. The number of hydrogen-bond acceptors (Lipinski definition) is 4. The molecule has 0 aliphatic heterocycles. The minimum atomic E-state index is -0.767. The normalized spacial score (nSPS) is 13.5. The van der Waals surface area contributed by atoms with Gasteiger partial charge in [0, 0.05) is 7.11 Å². The molecule has 4 nitrogen and oxygen atoms in total. The first-order valence-electron chi connectivity index (χ1n) is 3.17. The SMILES string of the molecule is COCCOC[C@H](O)CO. The first kappa shape index (κ1) is 9.84. The summed E-state index contributed by atoms with van der Waals surface area (Å²) in [7, 11) is 1.58. The average Bonchev–Trinajstić information content (AvgIpc) is 1.98. The summed E-state index contributed by atoms with van der Waals surface area (Å²) in [4.78, 5) is 0. The van der Waals surface area contributed by atoms with Crippen molar-refractivity contribution >= 4 is 0 Å². The van der Waals surface area contributed by atoms with E-state index in [4.69, 9.17) is 14.9 Å². The second-order valence-electron chi connectivity index (χ2n) is 1.90. The number of aliphatic hydroxyl groups is 2. The number of hydrogen-bond donors (Lipinski definition) is 2. The van der Waals surface area contributed by atoms with E-state index < -0.39 is 6.10 Å². The molecule has 0 bridgehead atoms. The summed E-state index contributed by atoms with van der Waals surface area (Å²) in [6.07, 6.45) is -0.767. The van der Waals surface area contributed by atoms with Crippen LogP contribution in [-0.2, 0) is 9.47 Å². The standard InChI is InChI=1S/C6H14O4/c1-9-2-3-10-5-6(8)4-7/h6-8H,2-5H2,1H3/t6-/m1/s1. The summed E-state index contributed by atoms with van der Waals surface area (Å²) in [5.41, 5.74) is 0. The van der Waals surface area contributed by atoms with E-state index in [1.807, 2.05) is 0 Å². The lowest BCUT2D eigenvalue weighted by Crippen LogP contribution is -2.20. The zero-order valence-corrected chi connectivity index (χ0v) is 6.12. The van der Waals surface area contributed by atoms with Crippen LogP contribution in [0, 0.1) is 0 Å². The summed E-state index contributed by atoms with van der Waals surface area (Å²) >= 11 is 0. The second-order valence-corrected chi connectivity index (χ2v) is 1.90. The van der Waals surface area contributed by atoms with E-state index in [9.17, 15) is 0 Å². The molecule has 1 atom stereocenters. The predicted molar refractivity (Wildman–Crippen MR) is 35.8 cm³/mol. The minimum absolute atomic E-state index is 0.167. The van der Waals surface area contributed by atoms with Crippen LogP contribution in [-0.4, -0.2) is 49.9 Å². The number of methoxy groups -OCH3 is 1. The lowest BCUT2D eigenvalue weighted by molar-refractivity contribution is -0.00865. The maximum atomic E-state index is 8.74. The minimum Gasteiger partial charge on any atom is -0.394 e. The fraction of sp³-hybridized carbons (Fsp3) is 1.00. The first-order chi connectivity index (χ1) is 4.81. The Hall–Kier alpha value is -0.160. The molecular weight excluding hydrogens is 136 g/mol. The molecule has 0 aromatic heterocycles. The van der Waals surface area contributed by atoms with Crippen molar-refractivity contribution in [2.45, 2.75) is 6.10 Å². The van der Waals surface area contributed by atoms with E-state index in [0.29, 0.717) is 13.2 Å². The van der Waals surface area contributed by atoms with Crippen molar-refractivity contribution in [1.29, 1.82) is 0 Å². The molecule has 0 aromatic carbocycles. The highest BCUT2D eigenvalue weighted by Crippen LogP contribution is 1.82. The predicted octanol–water partition coefficient (Wildman–Crippen LogP) is -0.997. The van der Waals surface area contributed by atoms with Crippen molar-refractivity contribution in [3.8, 4) is 0 Å². The fourth-order valence-corrected chi connectivity index (χ4v) is 0.414. The highest BCUT2D eigenvalue weighted by Gasteiger charge is 1.99. The lowest BCUT2D eigenvalue weighted by atomic mass is 10.4. The number of ether oxygens (including phenoxy) is 2.